The van der Waals surface area contributed by atoms with Crippen LogP contribution < -0.4 is 10.1 Å². The minimum Gasteiger partial charge on any atom is -0.491 e. The maximum atomic E-state index is 12.5. The van der Waals surface area contributed by atoms with Crippen molar-refractivity contribution in [1.82, 2.24) is 15.1 Å². The van der Waals surface area contributed by atoms with Crippen LogP contribution in [0.25, 0.3) is 0 Å². The zero-order valence-electron chi connectivity index (χ0n) is 13.3. The molecule has 1 saturated carbocycles. The minimum atomic E-state index is -0.219. The number of ether oxygens (including phenoxy) is 1. The van der Waals surface area contributed by atoms with E-state index in [1.54, 1.807) is 12.1 Å². The van der Waals surface area contributed by atoms with Crippen molar-refractivity contribution in [3.8, 4) is 5.75 Å². The quantitative estimate of drug-likeness (QED) is 0.844. The average molecular weight is 332 g/mol. The Hall–Kier alpha value is -1.99. The third-order valence-corrected chi connectivity index (χ3v) is 4.52. The highest BCUT2D eigenvalue weighted by atomic mass is 32.1. The van der Waals surface area contributed by atoms with Gasteiger partial charge in [0.15, 0.2) is 0 Å². The number of carbonyl (C=O) groups excluding carboxylic acids is 1. The SMILES string of the molecule is CN(C)CCOc1ccccc1C(=O)Nc1nnc(C2CC2)s1. The largest absolute Gasteiger partial charge is 0.491 e. The lowest BCUT2D eigenvalue weighted by molar-refractivity contribution is 0.102. The monoisotopic (exact) mass is 332 g/mol. The Morgan fingerprint density at radius 1 is 1.35 bits per heavy atom. The first-order chi connectivity index (χ1) is 11.1. The van der Waals surface area contributed by atoms with E-state index < -0.39 is 0 Å². The number of rotatable bonds is 7. The van der Waals surface area contributed by atoms with E-state index in [-0.39, 0.29) is 5.91 Å². The van der Waals surface area contributed by atoms with Crippen molar-refractivity contribution in [2.24, 2.45) is 0 Å². The number of nitrogens with zero attached hydrogens (tertiary/aromatic N) is 3. The van der Waals surface area contributed by atoms with Crippen LogP contribution in [0.3, 0.4) is 0 Å². The van der Waals surface area contributed by atoms with Gasteiger partial charge in [0.05, 0.1) is 5.56 Å². The molecule has 0 spiro atoms. The summed E-state index contributed by atoms with van der Waals surface area (Å²) in [6.07, 6.45) is 2.34. The molecule has 2 aromatic rings. The predicted molar refractivity (Wildman–Crippen MR) is 90.3 cm³/mol. The van der Waals surface area contributed by atoms with Gasteiger partial charge in [-0.2, -0.15) is 0 Å². The van der Waals surface area contributed by atoms with Gasteiger partial charge < -0.3 is 9.64 Å². The van der Waals surface area contributed by atoms with Gasteiger partial charge in [-0.3, -0.25) is 10.1 Å². The zero-order chi connectivity index (χ0) is 16.2. The van der Waals surface area contributed by atoms with Crippen molar-refractivity contribution < 1.29 is 9.53 Å². The third kappa shape index (κ3) is 4.27. The topological polar surface area (TPSA) is 67.3 Å². The summed E-state index contributed by atoms with van der Waals surface area (Å²) >= 11 is 1.45. The first-order valence-corrected chi connectivity index (χ1v) is 8.46. The molecule has 122 valence electrons. The van der Waals surface area contributed by atoms with Gasteiger partial charge >= 0.3 is 0 Å². The van der Waals surface area contributed by atoms with Crippen LogP contribution in [0, 0.1) is 0 Å². The highest BCUT2D eigenvalue weighted by Crippen LogP contribution is 2.42. The average Bonchev–Trinajstić information content (AvgIpc) is 3.28. The Morgan fingerprint density at radius 2 is 2.13 bits per heavy atom. The van der Waals surface area contributed by atoms with Crippen LogP contribution in [0.5, 0.6) is 5.75 Å². The minimum absolute atomic E-state index is 0.219. The van der Waals surface area contributed by atoms with Gasteiger partial charge in [0, 0.05) is 12.5 Å². The van der Waals surface area contributed by atoms with Crippen LogP contribution in [0.2, 0.25) is 0 Å². The van der Waals surface area contributed by atoms with E-state index in [4.69, 9.17) is 4.74 Å². The van der Waals surface area contributed by atoms with Crippen molar-refractivity contribution >= 4 is 22.4 Å². The molecule has 7 heteroatoms. The van der Waals surface area contributed by atoms with E-state index in [1.165, 1.54) is 24.2 Å². The highest BCUT2D eigenvalue weighted by molar-refractivity contribution is 7.15. The number of likely N-dealkylation sites (N-methyl/N-ethyl adjacent to an activating group) is 1. The van der Waals surface area contributed by atoms with Gasteiger partial charge in [-0.25, -0.2) is 0 Å². The molecule has 1 aliphatic rings. The molecule has 1 aromatic heterocycles. The normalized spacial score (nSPS) is 14.0. The van der Waals surface area contributed by atoms with E-state index in [9.17, 15) is 4.79 Å². The highest BCUT2D eigenvalue weighted by Gasteiger charge is 2.28. The lowest BCUT2D eigenvalue weighted by atomic mass is 10.2. The summed E-state index contributed by atoms with van der Waals surface area (Å²) in [6.45, 7) is 1.32. The first-order valence-electron chi connectivity index (χ1n) is 7.65. The van der Waals surface area contributed by atoms with Crippen molar-refractivity contribution in [2.45, 2.75) is 18.8 Å². The molecule has 1 aromatic carbocycles. The number of carbonyl (C=O) groups is 1. The smallest absolute Gasteiger partial charge is 0.261 e. The number of nitrogens with one attached hydrogen (secondary N) is 1. The number of hydrogen-bond acceptors (Lipinski definition) is 6. The third-order valence-electron chi connectivity index (χ3n) is 3.52. The number of hydrogen-bond donors (Lipinski definition) is 1. The molecule has 1 N–H and O–H groups in total. The van der Waals surface area contributed by atoms with Gasteiger partial charge in [-0.15, -0.1) is 10.2 Å². The number of aromatic nitrogens is 2. The summed E-state index contributed by atoms with van der Waals surface area (Å²) in [7, 11) is 3.96. The second-order valence-electron chi connectivity index (χ2n) is 5.82. The molecule has 3 rings (SSSR count). The van der Waals surface area contributed by atoms with E-state index in [2.05, 4.69) is 15.5 Å². The Labute approximate surface area is 139 Å². The molecule has 23 heavy (non-hydrogen) atoms. The summed E-state index contributed by atoms with van der Waals surface area (Å²) in [5.41, 5.74) is 0.509. The first kappa shape index (κ1) is 15.9. The fourth-order valence-electron chi connectivity index (χ4n) is 2.06. The molecule has 0 radical (unpaired) electrons. The second kappa shape index (κ2) is 7.06. The molecule has 0 aliphatic heterocycles. The van der Waals surface area contributed by atoms with E-state index in [1.807, 2.05) is 31.1 Å². The maximum absolute atomic E-state index is 12.5. The fourth-order valence-corrected chi connectivity index (χ4v) is 2.97. The van der Waals surface area contributed by atoms with Gasteiger partial charge in [-0.05, 0) is 39.1 Å². The van der Waals surface area contributed by atoms with Crippen LogP contribution in [-0.4, -0.2) is 48.3 Å². The molecular weight excluding hydrogens is 312 g/mol. The molecule has 1 aliphatic carbocycles. The summed E-state index contributed by atoms with van der Waals surface area (Å²) in [5, 5.41) is 12.5. The number of para-hydroxylation sites is 1. The van der Waals surface area contributed by atoms with E-state index >= 15 is 0 Å². The van der Waals surface area contributed by atoms with Gasteiger partial charge in [-0.1, -0.05) is 23.5 Å². The molecule has 1 heterocycles. The molecule has 1 fully saturated rings. The molecular formula is C16H20N4O2S. The van der Waals surface area contributed by atoms with Crippen LogP contribution >= 0.6 is 11.3 Å². The summed E-state index contributed by atoms with van der Waals surface area (Å²) in [5.74, 6) is 0.905. The Bertz CT molecular complexity index is 682. The Morgan fingerprint density at radius 3 is 2.87 bits per heavy atom. The lowest BCUT2D eigenvalue weighted by Gasteiger charge is -2.13. The fraction of sp³-hybridized carbons (Fsp3) is 0.438. The number of anilines is 1. The maximum Gasteiger partial charge on any atom is 0.261 e. The van der Waals surface area contributed by atoms with Crippen LogP contribution in [-0.2, 0) is 0 Å². The number of benzene rings is 1. The summed E-state index contributed by atoms with van der Waals surface area (Å²) < 4.78 is 5.73. The predicted octanol–water partition coefficient (Wildman–Crippen LogP) is 2.61. The van der Waals surface area contributed by atoms with Crippen LogP contribution in [0.4, 0.5) is 5.13 Å². The molecule has 0 unspecified atom stereocenters. The lowest BCUT2D eigenvalue weighted by Crippen LogP contribution is -2.20. The van der Waals surface area contributed by atoms with Crippen molar-refractivity contribution in [2.75, 3.05) is 32.6 Å². The summed E-state index contributed by atoms with van der Waals surface area (Å²) in [4.78, 5) is 14.5. The van der Waals surface area contributed by atoms with E-state index in [0.717, 1.165) is 11.6 Å². The van der Waals surface area contributed by atoms with Crippen molar-refractivity contribution in [3.05, 3.63) is 34.8 Å². The van der Waals surface area contributed by atoms with Gasteiger partial charge in [0.2, 0.25) is 5.13 Å². The summed E-state index contributed by atoms with van der Waals surface area (Å²) in [6, 6.07) is 7.24. The number of amides is 1. The standard InChI is InChI=1S/C16H20N4O2S/c1-20(2)9-10-22-13-6-4-3-5-12(13)14(21)17-16-19-18-15(23-16)11-7-8-11/h3-6,11H,7-10H2,1-2H3,(H,17,19,21). The van der Waals surface area contributed by atoms with Crippen molar-refractivity contribution in [3.63, 3.8) is 0 Å². The van der Waals surface area contributed by atoms with Gasteiger partial charge in [0.25, 0.3) is 5.91 Å². The molecule has 6 nitrogen and oxygen atoms in total. The van der Waals surface area contributed by atoms with Crippen LogP contribution in [0.15, 0.2) is 24.3 Å². The van der Waals surface area contributed by atoms with E-state index in [0.29, 0.717) is 29.0 Å². The Kier molecular flexibility index (Phi) is 4.88. The molecule has 1 amide bonds. The van der Waals surface area contributed by atoms with Crippen LogP contribution in [0.1, 0.15) is 34.1 Å². The Balaban J connectivity index is 1.65. The van der Waals surface area contributed by atoms with Gasteiger partial charge in [0.1, 0.15) is 17.4 Å². The molecule has 0 atom stereocenters. The zero-order valence-corrected chi connectivity index (χ0v) is 14.1. The molecule has 0 saturated heterocycles. The van der Waals surface area contributed by atoms with Crippen molar-refractivity contribution in [1.29, 1.82) is 0 Å². The second-order valence-corrected chi connectivity index (χ2v) is 6.83. The molecule has 0 bridgehead atoms.